The fourth-order valence-corrected chi connectivity index (χ4v) is 6.64. The molecule has 1 aromatic heterocycles. The lowest BCUT2D eigenvalue weighted by atomic mass is 9.96. The molecule has 0 aliphatic rings. The third kappa shape index (κ3) is 3.34. The van der Waals surface area contributed by atoms with Crippen molar-refractivity contribution in [2.75, 3.05) is 0 Å². The number of hydrogen-bond acceptors (Lipinski definition) is 0. The molecule has 0 aliphatic carbocycles. The van der Waals surface area contributed by atoms with E-state index >= 15 is 0 Å². The molecule has 0 saturated heterocycles. The Hall–Kier alpha value is -3.22. The van der Waals surface area contributed by atoms with Crippen molar-refractivity contribution in [2.45, 2.75) is 26.9 Å². The molecular weight excluding hydrogens is 380 g/mol. The third-order valence-electron chi connectivity index (χ3n) is 6.39. The highest BCUT2D eigenvalue weighted by Gasteiger charge is 2.27. The summed E-state index contributed by atoms with van der Waals surface area (Å²) >= 11 is 0. The normalized spacial score (nSPS) is 11.5. The van der Waals surface area contributed by atoms with E-state index in [0.29, 0.717) is 5.69 Å². The van der Waals surface area contributed by atoms with E-state index < -0.39 is 8.07 Å². The molecular formula is C27H27N2Si+. The molecule has 0 saturated carbocycles. The molecule has 3 heteroatoms. The highest BCUT2D eigenvalue weighted by molar-refractivity contribution is 7.00. The average molecular weight is 408 g/mol. The number of fused-ring (bicyclic) bond motifs is 1. The van der Waals surface area contributed by atoms with Crippen LogP contribution >= 0.6 is 0 Å². The van der Waals surface area contributed by atoms with Gasteiger partial charge in [-0.25, -0.2) is 9.41 Å². The summed E-state index contributed by atoms with van der Waals surface area (Å²) in [6, 6.07) is 24.0. The summed E-state index contributed by atoms with van der Waals surface area (Å²) in [5.41, 5.74) is 5.39. The molecule has 0 aliphatic heterocycles. The first-order valence-corrected chi connectivity index (χ1v) is 13.3. The van der Waals surface area contributed by atoms with Crippen LogP contribution in [0.25, 0.3) is 26.9 Å². The van der Waals surface area contributed by atoms with Crippen LogP contribution in [-0.2, 0) is 7.05 Å². The Bertz CT molecular complexity index is 1300. The molecule has 0 spiro atoms. The summed E-state index contributed by atoms with van der Waals surface area (Å²) in [6.45, 7) is 16.6. The van der Waals surface area contributed by atoms with Gasteiger partial charge in [0.15, 0.2) is 11.9 Å². The van der Waals surface area contributed by atoms with Crippen LogP contribution in [0.15, 0.2) is 72.9 Å². The lowest BCUT2D eigenvalue weighted by Crippen LogP contribution is -2.52. The first-order chi connectivity index (χ1) is 14.3. The van der Waals surface area contributed by atoms with E-state index in [-0.39, 0.29) is 0 Å². The molecule has 0 radical (unpaired) electrons. The zero-order chi connectivity index (χ0) is 21.5. The number of nitrogens with zero attached hydrogens (tertiary/aromatic N) is 2. The van der Waals surface area contributed by atoms with Crippen molar-refractivity contribution in [3.8, 4) is 11.3 Å². The molecule has 0 amide bonds. The predicted octanol–water partition coefficient (Wildman–Crippen LogP) is 5.32. The van der Waals surface area contributed by atoms with E-state index in [1.54, 1.807) is 0 Å². The molecule has 148 valence electrons. The molecule has 30 heavy (non-hydrogen) atoms. The second kappa shape index (κ2) is 7.55. The molecule has 4 rings (SSSR count). The van der Waals surface area contributed by atoms with Gasteiger partial charge in [0.05, 0.1) is 12.0 Å². The third-order valence-corrected chi connectivity index (χ3v) is 9.92. The van der Waals surface area contributed by atoms with Crippen molar-refractivity contribution in [3.05, 3.63) is 95.5 Å². The van der Waals surface area contributed by atoms with Gasteiger partial charge in [0.1, 0.15) is 15.1 Å². The highest BCUT2D eigenvalue weighted by atomic mass is 28.3. The molecule has 0 unspecified atom stereocenters. The number of aryl methyl sites for hydroxylation is 2. The van der Waals surface area contributed by atoms with Crippen LogP contribution in [-0.4, -0.2) is 8.07 Å². The van der Waals surface area contributed by atoms with Crippen molar-refractivity contribution in [1.82, 2.24) is 0 Å². The Morgan fingerprint density at radius 2 is 1.60 bits per heavy atom. The lowest BCUT2D eigenvalue weighted by molar-refractivity contribution is -0.659. The second-order valence-corrected chi connectivity index (χ2v) is 13.0. The summed E-state index contributed by atoms with van der Waals surface area (Å²) in [5.74, 6) is 0. The van der Waals surface area contributed by atoms with Crippen molar-refractivity contribution in [2.24, 2.45) is 7.05 Å². The summed E-state index contributed by atoms with van der Waals surface area (Å²) in [4.78, 5) is 3.69. The van der Waals surface area contributed by atoms with Gasteiger partial charge in [0, 0.05) is 11.6 Å². The topological polar surface area (TPSA) is 8.24 Å². The molecule has 0 fully saturated rings. The Kier molecular flexibility index (Phi) is 5.05. The van der Waals surface area contributed by atoms with E-state index in [1.165, 1.54) is 32.4 Å². The maximum atomic E-state index is 7.49. The largest absolute Gasteiger partial charge is 0.238 e. The van der Waals surface area contributed by atoms with Crippen molar-refractivity contribution >= 4 is 34.9 Å². The zero-order valence-corrected chi connectivity index (χ0v) is 19.3. The second-order valence-electron chi connectivity index (χ2n) is 8.62. The van der Waals surface area contributed by atoms with Crippen LogP contribution in [0, 0.1) is 20.4 Å². The van der Waals surface area contributed by atoms with Crippen molar-refractivity contribution < 1.29 is 4.57 Å². The van der Waals surface area contributed by atoms with Crippen LogP contribution in [0.4, 0.5) is 5.69 Å². The number of pyridine rings is 1. The number of aromatic nitrogens is 1. The number of benzene rings is 3. The van der Waals surface area contributed by atoms with Gasteiger partial charge in [0.2, 0.25) is 5.69 Å². The van der Waals surface area contributed by atoms with E-state index in [4.69, 9.17) is 6.57 Å². The van der Waals surface area contributed by atoms with E-state index in [2.05, 4.69) is 104 Å². The Morgan fingerprint density at radius 3 is 2.30 bits per heavy atom. The fraction of sp³-hybridized carbons (Fsp3) is 0.185. The van der Waals surface area contributed by atoms with Crippen molar-refractivity contribution in [3.63, 3.8) is 0 Å². The number of rotatable bonds is 3. The smallest absolute Gasteiger partial charge is 0.219 e. The van der Waals surface area contributed by atoms with E-state index in [9.17, 15) is 0 Å². The maximum absolute atomic E-state index is 7.49. The van der Waals surface area contributed by atoms with Gasteiger partial charge in [-0.05, 0) is 36.9 Å². The van der Waals surface area contributed by atoms with Crippen LogP contribution in [0.2, 0.25) is 13.1 Å². The Morgan fingerprint density at radius 1 is 0.867 bits per heavy atom. The summed E-state index contributed by atoms with van der Waals surface area (Å²) in [5, 5.41) is 5.36. The maximum Gasteiger partial charge on any atom is 0.219 e. The minimum Gasteiger partial charge on any atom is -0.238 e. The van der Waals surface area contributed by atoms with Crippen molar-refractivity contribution in [1.29, 1.82) is 0 Å². The first kappa shape index (κ1) is 20.1. The minimum atomic E-state index is -1.76. The zero-order valence-electron chi connectivity index (χ0n) is 18.3. The molecule has 0 atom stereocenters. The van der Waals surface area contributed by atoms with Gasteiger partial charge in [-0.15, -0.1) is 0 Å². The van der Waals surface area contributed by atoms with Crippen LogP contribution in [0.3, 0.4) is 0 Å². The molecule has 0 bridgehead atoms. The SMILES string of the molecule is [C-]#[N+]c1cc(C)c(C)c(-c2c3ccc([Si](C)(C)c4ccccc4)cc3cc[n+]2C)c1. The lowest BCUT2D eigenvalue weighted by Gasteiger charge is -2.24. The average Bonchev–Trinajstić information content (AvgIpc) is 2.76. The standard InChI is InChI=1S/C27H27N2Si/c1-19-16-22(28-3)18-26(20(19)2)27-25-13-12-24(17-21(25)14-15-29(27)4)30(5,6)23-10-8-7-9-11-23/h7-18H,1-2,4-6H3/q+1. The summed E-state index contributed by atoms with van der Waals surface area (Å²) in [7, 11) is 0.324. The van der Waals surface area contributed by atoms with Crippen LogP contribution < -0.4 is 14.9 Å². The predicted molar refractivity (Wildman–Crippen MR) is 129 cm³/mol. The molecule has 3 aromatic carbocycles. The van der Waals surface area contributed by atoms with Gasteiger partial charge >= 0.3 is 0 Å². The van der Waals surface area contributed by atoms with Gasteiger partial charge < -0.3 is 0 Å². The molecule has 4 aromatic rings. The van der Waals surface area contributed by atoms with Gasteiger partial charge in [0.25, 0.3) is 0 Å². The molecule has 2 nitrogen and oxygen atoms in total. The quantitative estimate of drug-likeness (QED) is 0.247. The Balaban J connectivity index is 1.94. The number of hydrogen-bond donors (Lipinski definition) is 0. The summed E-state index contributed by atoms with van der Waals surface area (Å²) in [6.07, 6.45) is 2.14. The monoisotopic (exact) mass is 407 g/mol. The van der Waals surface area contributed by atoms with E-state index in [0.717, 1.165) is 11.1 Å². The van der Waals surface area contributed by atoms with Gasteiger partial charge in [-0.2, -0.15) is 0 Å². The van der Waals surface area contributed by atoms with Crippen LogP contribution in [0.5, 0.6) is 0 Å². The molecule has 0 N–H and O–H groups in total. The highest BCUT2D eigenvalue weighted by Crippen LogP contribution is 2.32. The molecule has 1 heterocycles. The Labute approximate surface area is 180 Å². The minimum absolute atomic E-state index is 0.694. The van der Waals surface area contributed by atoms with Gasteiger partial charge in [-0.1, -0.05) is 77.6 Å². The van der Waals surface area contributed by atoms with E-state index in [1.807, 2.05) is 12.1 Å². The van der Waals surface area contributed by atoms with Crippen LogP contribution in [0.1, 0.15) is 11.1 Å². The fourth-order valence-electron chi connectivity index (χ4n) is 4.27. The van der Waals surface area contributed by atoms with Gasteiger partial charge in [-0.3, -0.25) is 0 Å². The summed E-state index contributed by atoms with van der Waals surface area (Å²) < 4.78 is 2.18. The first-order valence-electron chi connectivity index (χ1n) is 10.3.